The zero-order valence-electron chi connectivity index (χ0n) is 17.8. The third kappa shape index (κ3) is 5.02. The van der Waals surface area contributed by atoms with E-state index in [4.69, 9.17) is 11.6 Å². The standard InChI is InChI=1S/C22H17ClF3N3O6/c23-11-5-12(7-13(6-11)35-21(25)26)28(22(33)34)8-10-3-14-15(16(24)4-10)9-29(20(14)32)17-1-2-18(30)27-19(17)31/h3-7,17,21H,1-2,8-9H2,(H,33,34)(H,27,30,31). The molecule has 0 bridgehead atoms. The molecule has 9 nitrogen and oxygen atoms in total. The molecule has 0 aliphatic carbocycles. The number of benzene rings is 2. The van der Waals surface area contributed by atoms with Gasteiger partial charge in [0.05, 0.1) is 18.8 Å². The van der Waals surface area contributed by atoms with Gasteiger partial charge in [0.15, 0.2) is 0 Å². The number of carbonyl (C=O) groups excluding carboxylic acids is 3. The molecule has 2 aliphatic rings. The lowest BCUT2D eigenvalue weighted by atomic mass is 10.0. The minimum Gasteiger partial charge on any atom is -0.465 e. The van der Waals surface area contributed by atoms with Crippen LogP contribution < -0.4 is 15.0 Å². The molecule has 1 fully saturated rings. The minimum atomic E-state index is -3.16. The highest BCUT2D eigenvalue weighted by Gasteiger charge is 2.40. The smallest absolute Gasteiger partial charge is 0.412 e. The van der Waals surface area contributed by atoms with Crippen molar-refractivity contribution in [2.24, 2.45) is 0 Å². The molecule has 184 valence electrons. The van der Waals surface area contributed by atoms with Gasteiger partial charge in [-0.1, -0.05) is 11.6 Å². The van der Waals surface area contributed by atoms with Crippen molar-refractivity contribution in [2.75, 3.05) is 4.90 Å². The SMILES string of the molecule is O=C1CCC(N2Cc3c(F)cc(CN(C(=O)O)c4cc(Cl)cc(OC(F)F)c4)cc3C2=O)C(=O)N1. The highest BCUT2D eigenvalue weighted by atomic mass is 35.5. The van der Waals surface area contributed by atoms with Crippen molar-refractivity contribution in [1.82, 2.24) is 10.2 Å². The summed E-state index contributed by atoms with van der Waals surface area (Å²) in [6.07, 6.45) is -1.36. The van der Waals surface area contributed by atoms with Crippen LogP contribution in [0.3, 0.4) is 0 Å². The number of halogens is 4. The van der Waals surface area contributed by atoms with Crippen molar-refractivity contribution < 1.29 is 42.2 Å². The first-order valence-electron chi connectivity index (χ1n) is 10.3. The second kappa shape index (κ2) is 9.45. The quantitative estimate of drug-likeness (QED) is 0.573. The highest BCUT2D eigenvalue weighted by molar-refractivity contribution is 6.31. The zero-order chi connectivity index (χ0) is 25.4. The van der Waals surface area contributed by atoms with Crippen LogP contribution in [0.1, 0.15) is 34.3 Å². The number of fused-ring (bicyclic) bond motifs is 1. The summed E-state index contributed by atoms with van der Waals surface area (Å²) in [6, 6.07) is 4.74. The van der Waals surface area contributed by atoms with Crippen LogP contribution in [0.15, 0.2) is 30.3 Å². The Kier molecular flexibility index (Phi) is 6.57. The normalized spacial score (nSPS) is 17.5. The van der Waals surface area contributed by atoms with Gasteiger partial charge in [-0.05, 0) is 36.2 Å². The molecule has 2 heterocycles. The Hall–Kier alpha value is -3.80. The first-order valence-corrected chi connectivity index (χ1v) is 10.6. The fourth-order valence-corrected chi connectivity index (χ4v) is 4.31. The Labute approximate surface area is 201 Å². The van der Waals surface area contributed by atoms with Gasteiger partial charge in [-0.15, -0.1) is 0 Å². The molecule has 35 heavy (non-hydrogen) atoms. The Bertz CT molecular complexity index is 1240. The fraction of sp³-hybridized carbons (Fsp3) is 0.273. The summed E-state index contributed by atoms with van der Waals surface area (Å²) in [5.41, 5.74) is -0.0139. The van der Waals surface area contributed by atoms with E-state index in [2.05, 4.69) is 10.1 Å². The number of piperidine rings is 1. The lowest BCUT2D eigenvalue weighted by Gasteiger charge is -2.29. The van der Waals surface area contributed by atoms with Gasteiger partial charge in [-0.25, -0.2) is 9.18 Å². The van der Waals surface area contributed by atoms with Crippen LogP contribution in [0.25, 0.3) is 0 Å². The number of imide groups is 1. The Morgan fingerprint density at radius 3 is 2.63 bits per heavy atom. The van der Waals surface area contributed by atoms with Gasteiger partial charge >= 0.3 is 12.7 Å². The largest absolute Gasteiger partial charge is 0.465 e. The number of nitrogens with one attached hydrogen (secondary N) is 1. The summed E-state index contributed by atoms with van der Waals surface area (Å²) < 4.78 is 44.4. The van der Waals surface area contributed by atoms with Gasteiger partial charge in [0, 0.05) is 28.6 Å². The van der Waals surface area contributed by atoms with Crippen molar-refractivity contribution in [1.29, 1.82) is 0 Å². The molecule has 1 atom stereocenters. The van der Waals surface area contributed by atoms with Crippen LogP contribution in [0.5, 0.6) is 5.75 Å². The van der Waals surface area contributed by atoms with Crippen LogP contribution in [0, 0.1) is 5.82 Å². The average Bonchev–Trinajstić information content (AvgIpc) is 3.08. The molecule has 2 aromatic rings. The Balaban J connectivity index is 1.61. The monoisotopic (exact) mass is 511 g/mol. The highest BCUT2D eigenvalue weighted by Crippen LogP contribution is 2.33. The Morgan fingerprint density at radius 1 is 1.23 bits per heavy atom. The summed E-state index contributed by atoms with van der Waals surface area (Å²) in [7, 11) is 0. The molecule has 2 N–H and O–H groups in total. The van der Waals surface area contributed by atoms with E-state index in [9.17, 15) is 37.5 Å². The summed E-state index contributed by atoms with van der Waals surface area (Å²) in [4.78, 5) is 50.3. The van der Waals surface area contributed by atoms with Crippen molar-refractivity contribution in [3.05, 3.63) is 57.9 Å². The van der Waals surface area contributed by atoms with Crippen molar-refractivity contribution >= 4 is 41.1 Å². The molecule has 2 aliphatic heterocycles. The molecule has 2 aromatic carbocycles. The van der Waals surface area contributed by atoms with Gasteiger partial charge in [0.2, 0.25) is 11.8 Å². The van der Waals surface area contributed by atoms with Crippen LogP contribution in [0.4, 0.5) is 23.7 Å². The third-order valence-corrected chi connectivity index (χ3v) is 5.84. The molecule has 1 unspecified atom stereocenters. The number of carbonyl (C=O) groups is 4. The number of anilines is 1. The average molecular weight is 512 g/mol. The molecule has 4 amide bonds. The number of ether oxygens (including phenoxy) is 1. The molecule has 0 radical (unpaired) electrons. The van der Waals surface area contributed by atoms with Gasteiger partial charge in [0.25, 0.3) is 5.91 Å². The molecule has 1 saturated heterocycles. The van der Waals surface area contributed by atoms with Gasteiger partial charge < -0.3 is 14.7 Å². The Morgan fingerprint density at radius 2 is 1.97 bits per heavy atom. The minimum absolute atomic E-state index is 0.0364. The first-order chi connectivity index (χ1) is 16.5. The van der Waals surface area contributed by atoms with Crippen LogP contribution in [-0.4, -0.2) is 46.5 Å². The summed E-state index contributed by atoms with van der Waals surface area (Å²) in [5, 5.41) is 11.8. The summed E-state index contributed by atoms with van der Waals surface area (Å²) in [6.45, 7) is -3.79. The summed E-state index contributed by atoms with van der Waals surface area (Å²) >= 11 is 5.91. The number of amides is 4. The van der Waals surface area contributed by atoms with E-state index in [1.807, 2.05) is 0 Å². The van der Waals surface area contributed by atoms with E-state index in [0.717, 1.165) is 23.1 Å². The molecular formula is C22H17ClF3N3O6. The van der Waals surface area contributed by atoms with E-state index in [1.54, 1.807) is 0 Å². The number of hydrogen-bond acceptors (Lipinski definition) is 5. The summed E-state index contributed by atoms with van der Waals surface area (Å²) in [5.74, 6) is -2.89. The lowest BCUT2D eigenvalue weighted by molar-refractivity contribution is -0.136. The lowest BCUT2D eigenvalue weighted by Crippen LogP contribution is -2.52. The molecule has 0 aromatic heterocycles. The maximum absolute atomic E-state index is 14.9. The van der Waals surface area contributed by atoms with Crippen LogP contribution in [-0.2, 0) is 22.7 Å². The van der Waals surface area contributed by atoms with E-state index >= 15 is 0 Å². The molecule has 13 heteroatoms. The van der Waals surface area contributed by atoms with E-state index in [0.29, 0.717) is 0 Å². The van der Waals surface area contributed by atoms with Crippen LogP contribution >= 0.6 is 11.6 Å². The van der Waals surface area contributed by atoms with E-state index in [1.165, 1.54) is 17.0 Å². The first kappa shape index (κ1) is 24.3. The number of nitrogens with zero attached hydrogens (tertiary/aromatic N) is 2. The van der Waals surface area contributed by atoms with Crippen molar-refractivity contribution in [2.45, 2.75) is 38.6 Å². The topological polar surface area (TPSA) is 116 Å². The maximum Gasteiger partial charge on any atom is 0.412 e. The number of rotatable bonds is 6. The van der Waals surface area contributed by atoms with Crippen molar-refractivity contribution in [3.8, 4) is 5.75 Å². The molecule has 4 rings (SSSR count). The predicted octanol–water partition coefficient (Wildman–Crippen LogP) is 3.53. The second-order valence-electron chi connectivity index (χ2n) is 7.90. The molecule has 0 spiro atoms. The zero-order valence-corrected chi connectivity index (χ0v) is 18.5. The number of alkyl halides is 2. The fourth-order valence-electron chi connectivity index (χ4n) is 4.09. The maximum atomic E-state index is 14.9. The predicted molar refractivity (Wildman–Crippen MR) is 115 cm³/mol. The third-order valence-electron chi connectivity index (χ3n) is 5.63. The van der Waals surface area contributed by atoms with E-state index < -0.39 is 48.8 Å². The molecular weight excluding hydrogens is 495 g/mol. The van der Waals surface area contributed by atoms with Gasteiger partial charge in [-0.2, -0.15) is 8.78 Å². The molecule has 0 saturated carbocycles. The van der Waals surface area contributed by atoms with E-state index in [-0.39, 0.29) is 52.5 Å². The van der Waals surface area contributed by atoms with Gasteiger partial charge in [0.1, 0.15) is 17.6 Å². The number of carboxylic acid groups (broad SMARTS) is 1. The van der Waals surface area contributed by atoms with Crippen molar-refractivity contribution in [3.63, 3.8) is 0 Å². The number of hydrogen-bond donors (Lipinski definition) is 2. The van der Waals surface area contributed by atoms with Crippen LogP contribution in [0.2, 0.25) is 5.02 Å². The van der Waals surface area contributed by atoms with Gasteiger partial charge in [-0.3, -0.25) is 24.6 Å². The second-order valence-corrected chi connectivity index (χ2v) is 8.33.